The van der Waals surface area contributed by atoms with Crippen LogP contribution in [0.15, 0.2) is 78.4 Å². The van der Waals surface area contributed by atoms with E-state index >= 15 is 0 Å². The summed E-state index contributed by atoms with van der Waals surface area (Å²) in [6.45, 7) is 3.72. The van der Waals surface area contributed by atoms with Gasteiger partial charge in [0.25, 0.3) is 11.6 Å². The lowest BCUT2D eigenvalue weighted by Crippen LogP contribution is -2.13. The average Bonchev–Trinajstić information content (AvgIpc) is 3.24. The zero-order chi connectivity index (χ0) is 29.7. The first-order valence-electron chi connectivity index (χ1n) is 12.1. The van der Waals surface area contributed by atoms with Crippen LogP contribution in [0.2, 0.25) is 0 Å². The van der Waals surface area contributed by atoms with Gasteiger partial charge in [0.1, 0.15) is 23.1 Å². The Balaban J connectivity index is 1.57. The van der Waals surface area contributed by atoms with Gasteiger partial charge in [0.05, 0.1) is 23.0 Å². The fraction of sp³-hybridized carbons (Fsp3) is 0.103. The summed E-state index contributed by atoms with van der Waals surface area (Å²) in [4.78, 5) is 33.7. The van der Waals surface area contributed by atoms with Crippen molar-refractivity contribution in [3.8, 4) is 29.0 Å². The number of nitrogens with zero attached hydrogens (tertiary/aromatic N) is 4. The van der Waals surface area contributed by atoms with Crippen molar-refractivity contribution in [1.29, 1.82) is 5.26 Å². The summed E-state index contributed by atoms with van der Waals surface area (Å²) in [5.74, 6) is 0.156. The summed E-state index contributed by atoms with van der Waals surface area (Å²) in [5, 5.41) is 34.8. The maximum atomic E-state index is 12.8. The predicted octanol–water partition coefficient (Wildman–Crippen LogP) is 6.26. The lowest BCUT2D eigenvalue weighted by molar-refractivity contribution is -0.394. The Morgan fingerprint density at radius 1 is 0.976 bits per heavy atom. The molecule has 3 aromatic carbocycles. The molecule has 0 saturated carbocycles. The van der Waals surface area contributed by atoms with Crippen LogP contribution in [-0.4, -0.2) is 27.4 Å². The van der Waals surface area contributed by atoms with Crippen LogP contribution in [-0.2, 0) is 4.79 Å². The second-order valence-corrected chi connectivity index (χ2v) is 8.78. The Labute approximate surface area is 234 Å². The molecule has 0 bridgehead atoms. The first-order chi connectivity index (χ1) is 19.6. The number of nitro groups is 2. The molecule has 1 N–H and O–H groups in total. The van der Waals surface area contributed by atoms with Crippen molar-refractivity contribution < 1.29 is 24.1 Å². The number of anilines is 1. The minimum Gasteiger partial charge on any atom is -0.497 e. The number of carbonyl (C=O) groups excluding carboxylic acids is 1. The minimum atomic E-state index is -0.745. The van der Waals surface area contributed by atoms with Crippen LogP contribution in [0, 0.1) is 45.4 Å². The predicted molar refractivity (Wildman–Crippen MR) is 150 cm³/mol. The van der Waals surface area contributed by atoms with Gasteiger partial charge in [-0.05, 0) is 74.0 Å². The van der Waals surface area contributed by atoms with Gasteiger partial charge < -0.3 is 19.4 Å². The summed E-state index contributed by atoms with van der Waals surface area (Å²) in [7, 11) is 1.52. The van der Waals surface area contributed by atoms with Crippen molar-refractivity contribution in [2.24, 2.45) is 0 Å². The molecule has 0 saturated heterocycles. The monoisotopic (exact) mass is 553 g/mol. The van der Waals surface area contributed by atoms with Gasteiger partial charge in [-0.1, -0.05) is 6.07 Å². The van der Waals surface area contributed by atoms with Gasteiger partial charge in [0.2, 0.25) is 5.75 Å². The van der Waals surface area contributed by atoms with Crippen LogP contribution in [0.5, 0.6) is 17.2 Å². The van der Waals surface area contributed by atoms with Gasteiger partial charge in [-0.15, -0.1) is 0 Å². The Kier molecular flexibility index (Phi) is 8.10. The molecule has 0 aliphatic rings. The molecular weight excluding hydrogens is 530 g/mol. The molecule has 0 unspecified atom stereocenters. The molecular formula is C29H23N5O7. The number of benzene rings is 3. The fourth-order valence-corrected chi connectivity index (χ4v) is 4.17. The number of rotatable bonds is 9. The number of hydrogen-bond donors (Lipinski definition) is 1. The Morgan fingerprint density at radius 2 is 1.71 bits per heavy atom. The molecule has 12 nitrogen and oxygen atoms in total. The van der Waals surface area contributed by atoms with Crippen molar-refractivity contribution in [2.45, 2.75) is 13.8 Å². The first-order valence-corrected chi connectivity index (χ1v) is 12.1. The number of non-ortho nitro benzene ring substituents is 1. The standard InChI is InChI=1S/C29H23N5O7/c1-18-13-20(14-21(17-30)29(35)31-22-5-4-6-26(15-22)40-3)19(2)32(18)23-7-10-25(11-8-23)41-28-12-9-24(33(36)37)16-27(28)34(38)39/h4-16H,1-3H3,(H,31,35)/b21-14-. The van der Waals surface area contributed by atoms with Crippen molar-refractivity contribution >= 4 is 29.0 Å². The van der Waals surface area contributed by atoms with Crippen molar-refractivity contribution in [2.75, 3.05) is 12.4 Å². The molecule has 0 fully saturated rings. The molecule has 0 spiro atoms. The highest BCUT2D eigenvalue weighted by Crippen LogP contribution is 2.35. The number of aryl methyl sites for hydroxylation is 1. The third kappa shape index (κ3) is 6.21. The SMILES string of the molecule is COc1cccc(NC(=O)/C(C#N)=C\c2cc(C)n(-c3ccc(Oc4ccc([N+](=O)[O-])cc4[N+](=O)[O-])cc3)c2C)c1. The summed E-state index contributed by atoms with van der Waals surface area (Å²) >= 11 is 0. The van der Waals surface area contributed by atoms with E-state index in [1.54, 1.807) is 48.5 Å². The van der Waals surface area contributed by atoms with Crippen LogP contribution in [0.25, 0.3) is 11.8 Å². The van der Waals surface area contributed by atoms with Gasteiger partial charge in [-0.3, -0.25) is 25.0 Å². The molecule has 0 aliphatic carbocycles. The molecule has 0 radical (unpaired) electrons. The normalized spacial score (nSPS) is 10.9. The number of nitro benzene ring substituents is 2. The van der Waals surface area contributed by atoms with Gasteiger partial charge in [0, 0.05) is 34.9 Å². The van der Waals surface area contributed by atoms with Gasteiger partial charge in [-0.2, -0.15) is 5.26 Å². The second kappa shape index (κ2) is 11.8. The maximum absolute atomic E-state index is 12.8. The van der Waals surface area contributed by atoms with E-state index in [1.807, 2.05) is 30.6 Å². The van der Waals surface area contributed by atoms with Crippen molar-refractivity contribution in [1.82, 2.24) is 4.57 Å². The van der Waals surface area contributed by atoms with Gasteiger partial charge in [-0.25, -0.2) is 0 Å². The molecule has 41 heavy (non-hydrogen) atoms. The van der Waals surface area contributed by atoms with E-state index in [-0.39, 0.29) is 17.1 Å². The second-order valence-electron chi connectivity index (χ2n) is 8.78. The lowest BCUT2D eigenvalue weighted by Gasteiger charge is -2.11. The Hall–Kier alpha value is -5.96. The number of nitriles is 1. The summed E-state index contributed by atoms with van der Waals surface area (Å²) in [6.07, 6.45) is 1.51. The van der Waals surface area contributed by atoms with Gasteiger partial charge in [0.15, 0.2) is 0 Å². The van der Waals surface area contributed by atoms with Gasteiger partial charge >= 0.3 is 5.69 Å². The van der Waals surface area contributed by atoms with Crippen LogP contribution in [0.3, 0.4) is 0 Å². The summed E-state index contributed by atoms with van der Waals surface area (Å²) in [5.41, 5.74) is 2.47. The molecule has 0 aliphatic heterocycles. The Morgan fingerprint density at radius 3 is 2.34 bits per heavy atom. The number of hydrogen-bond acceptors (Lipinski definition) is 8. The van der Waals surface area contributed by atoms with E-state index < -0.39 is 27.1 Å². The van der Waals surface area contributed by atoms with Crippen LogP contribution >= 0.6 is 0 Å². The summed E-state index contributed by atoms with van der Waals surface area (Å²) in [6, 6.07) is 20.4. The van der Waals surface area contributed by atoms with Crippen LogP contribution in [0.4, 0.5) is 17.1 Å². The van der Waals surface area contributed by atoms with E-state index in [0.29, 0.717) is 17.0 Å². The Bertz CT molecular complexity index is 1730. The number of aromatic nitrogens is 1. The van der Waals surface area contributed by atoms with E-state index in [1.165, 1.54) is 19.3 Å². The zero-order valence-corrected chi connectivity index (χ0v) is 22.2. The summed E-state index contributed by atoms with van der Waals surface area (Å²) < 4.78 is 12.7. The molecule has 1 amide bonds. The molecule has 1 aromatic heterocycles. The van der Waals surface area contributed by atoms with E-state index in [0.717, 1.165) is 29.2 Å². The number of amides is 1. The van der Waals surface area contributed by atoms with Crippen LogP contribution in [0.1, 0.15) is 17.0 Å². The molecule has 0 atom stereocenters. The minimum absolute atomic E-state index is 0.0819. The topological polar surface area (TPSA) is 163 Å². The number of methoxy groups -OCH3 is 1. The molecule has 4 aromatic rings. The quantitative estimate of drug-likeness (QED) is 0.110. The molecule has 4 rings (SSSR count). The molecule has 1 heterocycles. The highest BCUT2D eigenvalue weighted by atomic mass is 16.6. The number of ether oxygens (including phenoxy) is 2. The maximum Gasteiger partial charge on any atom is 0.318 e. The highest BCUT2D eigenvalue weighted by molar-refractivity contribution is 6.09. The van der Waals surface area contributed by atoms with E-state index in [2.05, 4.69) is 5.32 Å². The van der Waals surface area contributed by atoms with E-state index in [4.69, 9.17) is 9.47 Å². The lowest BCUT2D eigenvalue weighted by atomic mass is 10.1. The van der Waals surface area contributed by atoms with Crippen LogP contribution < -0.4 is 14.8 Å². The largest absolute Gasteiger partial charge is 0.497 e. The smallest absolute Gasteiger partial charge is 0.318 e. The molecule has 12 heteroatoms. The zero-order valence-electron chi connectivity index (χ0n) is 22.2. The van der Waals surface area contributed by atoms with Crippen molar-refractivity contribution in [3.63, 3.8) is 0 Å². The van der Waals surface area contributed by atoms with Crippen molar-refractivity contribution in [3.05, 3.63) is 116 Å². The molecule has 206 valence electrons. The number of carbonyl (C=O) groups is 1. The average molecular weight is 554 g/mol. The number of nitrogens with one attached hydrogen (secondary N) is 1. The third-order valence-electron chi connectivity index (χ3n) is 6.14. The van der Waals surface area contributed by atoms with E-state index in [9.17, 15) is 30.3 Å². The third-order valence-corrected chi connectivity index (χ3v) is 6.14. The first kappa shape index (κ1) is 28.1. The fourth-order valence-electron chi connectivity index (χ4n) is 4.17. The highest BCUT2D eigenvalue weighted by Gasteiger charge is 2.21.